The summed E-state index contributed by atoms with van der Waals surface area (Å²) >= 11 is 5.96. The van der Waals surface area contributed by atoms with Crippen molar-refractivity contribution in [3.05, 3.63) is 64.8 Å². The third-order valence-corrected chi connectivity index (χ3v) is 3.51. The van der Waals surface area contributed by atoms with E-state index in [0.29, 0.717) is 5.82 Å². The van der Waals surface area contributed by atoms with E-state index in [1.165, 1.54) is 12.5 Å². The molecule has 1 N–H and O–H groups in total. The number of nitrogens with one attached hydrogen (secondary N) is 1. The average molecular weight is 328 g/mol. The maximum Gasteiger partial charge on any atom is 0.277 e. The molecular formula is C16H14ClN5O. The van der Waals surface area contributed by atoms with Crippen LogP contribution in [0.15, 0.2) is 42.9 Å². The van der Waals surface area contributed by atoms with E-state index < -0.39 is 5.91 Å². The van der Waals surface area contributed by atoms with Crippen molar-refractivity contribution in [1.82, 2.24) is 19.7 Å². The molecule has 6 nitrogen and oxygen atoms in total. The quantitative estimate of drug-likeness (QED) is 0.802. The van der Waals surface area contributed by atoms with Crippen molar-refractivity contribution in [2.24, 2.45) is 0 Å². The van der Waals surface area contributed by atoms with Crippen molar-refractivity contribution in [3.63, 3.8) is 0 Å². The van der Waals surface area contributed by atoms with Gasteiger partial charge in [-0.25, -0.2) is 14.6 Å². The monoisotopic (exact) mass is 327 g/mol. The molecule has 23 heavy (non-hydrogen) atoms. The zero-order valence-corrected chi connectivity index (χ0v) is 13.4. The number of nitrogens with zero attached hydrogens (tertiary/aromatic N) is 4. The molecule has 0 aliphatic rings. The molecule has 7 heteroatoms. The Kier molecular flexibility index (Phi) is 4.08. The Hall–Kier alpha value is -2.73. The van der Waals surface area contributed by atoms with Crippen molar-refractivity contribution in [3.8, 4) is 5.69 Å². The minimum Gasteiger partial charge on any atom is -0.305 e. The number of aromatic nitrogens is 4. The van der Waals surface area contributed by atoms with Gasteiger partial charge in [0.05, 0.1) is 16.4 Å². The maximum absolute atomic E-state index is 12.4. The molecule has 0 aliphatic carbocycles. The number of hydrogen-bond donors (Lipinski definition) is 1. The highest BCUT2D eigenvalue weighted by Gasteiger charge is 2.16. The van der Waals surface area contributed by atoms with E-state index in [9.17, 15) is 4.79 Å². The average Bonchev–Trinajstić information content (AvgIpc) is 2.89. The van der Waals surface area contributed by atoms with Gasteiger partial charge in [-0.3, -0.25) is 4.79 Å². The van der Waals surface area contributed by atoms with Crippen LogP contribution in [-0.2, 0) is 0 Å². The second-order valence-corrected chi connectivity index (χ2v) is 5.50. The standard InChI is InChI=1S/C16H14ClN5O/c1-10-3-5-12(6-4-10)22-14(7-11(2)21-22)20-16(23)15-13(17)8-18-9-19-15/h3-9H,1-2H3,(H,20,23). The maximum atomic E-state index is 12.4. The number of aryl methyl sites for hydroxylation is 2. The van der Waals surface area contributed by atoms with Gasteiger partial charge in [-0.05, 0) is 26.0 Å². The topological polar surface area (TPSA) is 72.7 Å². The van der Waals surface area contributed by atoms with Gasteiger partial charge in [0.1, 0.15) is 12.1 Å². The Morgan fingerprint density at radius 2 is 1.96 bits per heavy atom. The van der Waals surface area contributed by atoms with Gasteiger partial charge in [0.2, 0.25) is 0 Å². The number of amides is 1. The van der Waals surface area contributed by atoms with Crippen LogP contribution in [-0.4, -0.2) is 25.7 Å². The molecule has 0 unspecified atom stereocenters. The number of benzene rings is 1. The zero-order valence-electron chi connectivity index (χ0n) is 12.6. The van der Waals surface area contributed by atoms with Gasteiger partial charge in [-0.15, -0.1) is 0 Å². The number of rotatable bonds is 3. The molecule has 2 heterocycles. The first-order valence-electron chi connectivity index (χ1n) is 6.95. The van der Waals surface area contributed by atoms with E-state index in [4.69, 9.17) is 11.6 Å². The van der Waals surface area contributed by atoms with E-state index in [1.54, 1.807) is 10.7 Å². The zero-order chi connectivity index (χ0) is 16.4. The van der Waals surface area contributed by atoms with Crippen LogP contribution in [0.25, 0.3) is 5.69 Å². The molecule has 0 saturated heterocycles. The molecule has 0 fully saturated rings. The van der Waals surface area contributed by atoms with Crippen LogP contribution in [0.5, 0.6) is 0 Å². The molecule has 2 aromatic heterocycles. The smallest absolute Gasteiger partial charge is 0.277 e. The second kappa shape index (κ2) is 6.18. The van der Waals surface area contributed by atoms with Crippen LogP contribution in [0.3, 0.4) is 0 Å². The fourth-order valence-corrected chi connectivity index (χ4v) is 2.32. The van der Waals surface area contributed by atoms with Gasteiger partial charge < -0.3 is 5.32 Å². The number of anilines is 1. The van der Waals surface area contributed by atoms with E-state index in [1.807, 2.05) is 38.1 Å². The summed E-state index contributed by atoms with van der Waals surface area (Å²) in [6.45, 7) is 3.87. The van der Waals surface area contributed by atoms with Gasteiger partial charge in [0, 0.05) is 12.3 Å². The van der Waals surface area contributed by atoms with Crippen LogP contribution in [0.4, 0.5) is 5.82 Å². The lowest BCUT2D eigenvalue weighted by Gasteiger charge is -2.09. The van der Waals surface area contributed by atoms with Crippen LogP contribution in [0.1, 0.15) is 21.7 Å². The first kappa shape index (κ1) is 15.2. The first-order valence-corrected chi connectivity index (χ1v) is 7.33. The normalized spacial score (nSPS) is 10.6. The summed E-state index contributed by atoms with van der Waals surface area (Å²) < 4.78 is 1.67. The highest BCUT2D eigenvalue weighted by Crippen LogP contribution is 2.19. The van der Waals surface area contributed by atoms with Gasteiger partial charge in [0.25, 0.3) is 5.91 Å². The summed E-state index contributed by atoms with van der Waals surface area (Å²) in [6, 6.07) is 9.63. The number of carbonyl (C=O) groups excluding carboxylic acids is 1. The Morgan fingerprint density at radius 1 is 1.22 bits per heavy atom. The fraction of sp³-hybridized carbons (Fsp3) is 0.125. The summed E-state index contributed by atoms with van der Waals surface area (Å²) in [4.78, 5) is 20.0. The lowest BCUT2D eigenvalue weighted by Crippen LogP contribution is -2.17. The molecule has 0 bridgehead atoms. The van der Waals surface area contributed by atoms with Gasteiger partial charge in [0.15, 0.2) is 5.69 Å². The number of halogens is 1. The predicted molar refractivity (Wildman–Crippen MR) is 88.0 cm³/mol. The molecule has 0 aliphatic heterocycles. The lowest BCUT2D eigenvalue weighted by molar-refractivity contribution is 0.102. The lowest BCUT2D eigenvalue weighted by atomic mass is 10.2. The molecule has 0 radical (unpaired) electrons. The molecule has 3 rings (SSSR count). The van der Waals surface area contributed by atoms with Crippen LogP contribution < -0.4 is 5.32 Å². The number of carbonyl (C=O) groups is 1. The SMILES string of the molecule is Cc1ccc(-n2nc(C)cc2NC(=O)c2ncncc2Cl)cc1. The van der Waals surface area contributed by atoms with Crippen molar-refractivity contribution < 1.29 is 4.79 Å². The predicted octanol–water partition coefficient (Wildman–Crippen LogP) is 3.18. The van der Waals surface area contributed by atoms with Crippen LogP contribution in [0.2, 0.25) is 5.02 Å². The highest BCUT2D eigenvalue weighted by molar-refractivity contribution is 6.33. The molecule has 0 spiro atoms. The Bertz CT molecular complexity index is 857. The second-order valence-electron chi connectivity index (χ2n) is 5.09. The van der Waals surface area contributed by atoms with Crippen molar-refractivity contribution in [2.45, 2.75) is 13.8 Å². The van der Waals surface area contributed by atoms with Gasteiger partial charge >= 0.3 is 0 Å². The molecule has 3 aromatic rings. The van der Waals surface area contributed by atoms with Crippen molar-refractivity contribution >= 4 is 23.3 Å². The first-order chi connectivity index (χ1) is 11.0. The van der Waals surface area contributed by atoms with Gasteiger partial charge in [-0.2, -0.15) is 5.10 Å². The van der Waals surface area contributed by atoms with E-state index in [2.05, 4.69) is 20.4 Å². The third-order valence-electron chi connectivity index (χ3n) is 3.23. The Balaban J connectivity index is 1.93. The minimum atomic E-state index is -0.411. The molecule has 0 atom stereocenters. The van der Waals surface area contributed by atoms with E-state index in [-0.39, 0.29) is 10.7 Å². The number of hydrogen-bond acceptors (Lipinski definition) is 4. The van der Waals surface area contributed by atoms with Crippen molar-refractivity contribution in [2.75, 3.05) is 5.32 Å². The minimum absolute atomic E-state index is 0.121. The fourth-order valence-electron chi connectivity index (χ4n) is 2.13. The molecular weight excluding hydrogens is 314 g/mol. The summed E-state index contributed by atoms with van der Waals surface area (Å²) in [6.07, 6.45) is 2.66. The molecule has 116 valence electrons. The largest absolute Gasteiger partial charge is 0.305 e. The van der Waals surface area contributed by atoms with Gasteiger partial charge in [-0.1, -0.05) is 29.3 Å². The molecule has 1 amide bonds. The third kappa shape index (κ3) is 3.22. The highest BCUT2D eigenvalue weighted by atomic mass is 35.5. The van der Waals surface area contributed by atoms with E-state index >= 15 is 0 Å². The Morgan fingerprint density at radius 3 is 2.65 bits per heavy atom. The van der Waals surface area contributed by atoms with Crippen LogP contribution >= 0.6 is 11.6 Å². The summed E-state index contributed by atoms with van der Waals surface area (Å²) in [5.41, 5.74) is 2.91. The summed E-state index contributed by atoms with van der Waals surface area (Å²) in [5, 5.41) is 7.40. The van der Waals surface area contributed by atoms with E-state index in [0.717, 1.165) is 16.9 Å². The Labute approximate surface area is 138 Å². The van der Waals surface area contributed by atoms with Crippen molar-refractivity contribution in [1.29, 1.82) is 0 Å². The molecule has 0 saturated carbocycles. The summed E-state index contributed by atoms with van der Waals surface area (Å²) in [5.74, 6) is 0.136. The summed E-state index contributed by atoms with van der Waals surface area (Å²) in [7, 11) is 0. The molecule has 1 aromatic carbocycles. The van der Waals surface area contributed by atoms with Crippen LogP contribution in [0, 0.1) is 13.8 Å².